The minimum absolute atomic E-state index is 0.0466. The summed E-state index contributed by atoms with van der Waals surface area (Å²) in [6, 6.07) is 11.8. The minimum Gasteiger partial charge on any atom is -0.462 e. The maximum atomic E-state index is 13.8. The van der Waals surface area contributed by atoms with Gasteiger partial charge in [0.2, 0.25) is 0 Å². The largest absolute Gasteiger partial charge is 0.462 e. The van der Waals surface area contributed by atoms with Gasteiger partial charge >= 0.3 is 6.01 Å². The third-order valence-electron chi connectivity index (χ3n) is 10.3. The number of likely N-dealkylation sites (N-methyl/N-ethyl adjacent to an activating group) is 1. The van der Waals surface area contributed by atoms with Gasteiger partial charge in [-0.25, -0.2) is 4.39 Å². The summed E-state index contributed by atoms with van der Waals surface area (Å²) in [7, 11) is 2.11. The molecule has 3 aliphatic heterocycles. The Balaban J connectivity index is 1.24. The highest BCUT2D eigenvalue weighted by Gasteiger charge is 2.42. The number of nitriles is 1. The number of carbonyl (C=O) groups excluding carboxylic acids is 2. The Kier molecular flexibility index (Phi) is 9.04. The summed E-state index contributed by atoms with van der Waals surface area (Å²) in [5.74, 6) is -0.904. The predicted molar refractivity (Wildman–Crippen MR) is 167 cm³/mol. The molecule has 0 bridgehead atoms. The van der Waals surface area contributed by atoms with Gasteiger partial charge in [0, 0.05) is 49.9 Å². The highest BCUT2D eigenvalue weighted by molar-refractivity contribution is 5.94. The van der Waals surface area contributed by atoms with Gasteiger partial charge < -0.3 is 24.3 Å². The molecule has 1 aromatic heterocycles. The SMILES string of the molecule is C=C(F)C(=O)N1CCN(c2nc(OC[C@@H]3CCCN3C)nc3c2CCC2(CCN(C(=O)c4ccccc4)CC2)C3)C[C@@H]1CC#N. The summed E-state index contributed by atoms with van der Waals surface area (Å²) in [6.07, 6.45) is 6.67. The van der Waals surface area contributed by atoms with Crippen LogP contribution in [0.3, 0.4) is 0 Å². The van der Waals surface area contributed by atoms with Crippen LogP contribution in [0.2, 0.25) is 0 Å². The maximum absolute atomic E-state index is 13.8. The van der Waals surface area contributed by atoms with Crippen molar-refractivity contribution in [1.29, 1.82) is 5.26 Å². The average Bonchev–Trinajstić information content (AvgIpc) is 3.47. The van der Waals surface area contributed by atoms with Gasteiger partial charge in [-0.2, -0.15) is 15.2 Å². The van der Waals surface area contributed by atoms with Gasteiger partial charge in [0.25, 0.3) is 11.8 Å². The number of likely N-dealkylation sites (tertiary alicyclic amines) is 2. The molecule has 0 radical (unpaired) electrons. The van der Waals surface area contributed by atoms with Gasteiger partial charge in [0.1, 0.15) is 12.4 Å². The number of rotatable bonds is 7. The molecule has 3 saturated heterocycles. The summed E-state index contributed by atoms with van der Waals surface area (Å²) in [5, 5.41) is 9.51. The van der Waals surface area contributed by atoms with Gasteiger partial charge in [0.05, 0.1) is 24.2 Å². The summed E-state index contributed by atoms with van der Waals surface area (Å²) >= 11 is 0. The first-order valence-electron chi connectivity index (χ1n) is 16.1. The fourth-order valence-corrected chi connectivity index (χ4v) is 7.54. The maximum Gasteiger partial charge on any atom is 0.318 e. The number of amides is 2. The van der Waals surface area contributed by atoms with E-state index in [1.54, 1.807) is 0 Å². The number of halogens is 1. The Morgan fingerprint density at radius 1 is 1.09 bits per heavy atom. The lowest BCUT2D eigenvalue weighted by molar-refractivity contribution is -0.131. The Bertz CT molecular complexity index is 1470. The quantitative estimate of drug-likeness (QED) is 0.434. The lowest BCUT2D eigenvalue weighted by Gasteiger charge is -2.45. The molecule has 0 unspecified atom stereocenters. The summed E-state index contributed by atoms with van der Waals surface area (Å²) in [4.78, 5) is 43.4. The number of anilines is 1. The van der Waals surface area contributed by atoms with Gasteiger partial charge in [-0.05, 0) is 76.1 Å². The van der Waals surface area contributed by atoms with Gasteiger partial charge in [-0.3, -0.25) is 9.59 Å². The number of benzene rings is 1. The number of hydrogen-bond acceptors (Lipinski definition) is 8. The summed E-state index contributed by atoms with van der Waals surface area (Å²) in [5.41, 5.74) is 2.84. The molecular formula is C34H42FN7O3. The van der Waals surface area contributed by atoms with Crippen LogP contribution in [0.25, 0.3) is 0 Å². The molecular weight excluding hydrogens is 573 g/mol. The number of piperidine rings is 1. The highest BCUT2D eigenvalue weighted by atomic mass is 19.1. The summed E-state index contributed by atoms with van der Waals surface area (Å²) in [6.45, 7) is 7.25. The van der Waals surface area contributed by atoms with Crippen LogP contribution in [-0.4, -0.2) is 101 Å². The molecule has 238 valence electrons. The van der Waals surface area contributed by atoms with Gasteiger partial charge in [-0.15, -0.1) is 0 Å². The van der Waals surface area contributed by atoms with E-state index in [2.05, 4.69) is 29.5 Å². The van der Waals surface area contributed by atoms with Crippen molar-refractivity contribution in [3.63, 3.8) is 0 Å². The topological polar surface area (TPSA) is 106 Å². The van der Waals surface area contributed by atoms with Crippen molar-refractivity contribution in [1.82, 2.24) is 24.7 Å². The molecule has 4 aliphatic rings. The van der Waals surface area contributed by atoms with Gasteiger partial charge in [0.15, 0.2) is 5.83 Å². The molecule has 4 heterocycles. The second kappa shape index (κ2) is 13.1. The molecule has 0 N–H and O–H groups in total. The first-order valence-corrected chi connectivity index (χ1v) is 16.1. The predicted octanol–water partition coefficient (Wildman–Crippen LogP) is 3.77. The van der Waals surface area contributed by atoms with E-state index in [9.17, 15) is 19.2 Å². The zero-order valence-electron chi connectivity index (χ0n) is 26.1. The number of piperazine rings is 1. The first-order chi connectivity index (χ1) is 21.8. The fraction of sp³-hybridized carbons (Fsp3) is 0.559. The molecule has 2 amide bonds. The van der Waals surface area contributed by atoms with Crippen LogP contribution in [0.4, 0.5) is 10.2 Å². The van der Waals surface area contributed by atoms with E-state index in [1.165, 1.54) is 4.90 Å². The molecule has 45 heavy (non-hydrogen) atoms. The normalized spacial score (nSPS) is 23.0. The number of carbonyl (C=O) groups is 2. The van der Waals surface area contributed by atoms with E-state index in [0.29, 0.717) is 44.8 Å². The molecule has 3 fully saturated rings. The van der Waals surface area contributed by atoms with E-state index < -0.39 is 17.8 Å². The van der Waals surface area contributed by atoms with Crippen LogP contribution in [-0.2, 0) is 17.6 Å². The van der Waals surface area contributed by atoms with E-state index in [-0.39, 0.29) is 24.3 Å². The van der Waals surface area contributed by atoms with Crippen molar-refractivity contribution in [3.8, 4) is 12.1 Å². The molecule has 2 atom stereocenters. The van der Waals surface area contributed by atoms with Crippen molar-refractivity contribution in [2.24, 2.45) is 5.41 Å². The van der Waals surface area contributed by atoms with E-state index in [4.69, 9.17) is 14.7 Å². The highest BCUT2D eigenvalue weighted by Crippen LogP contribution is 2.45. The standard InChI is InChI=1S/C34H42FN7O3/c1-24(35)31(43)42-20-19-41(22-26(42)11-15-36)30-28-10-12-34(13-17-40(18-14-34)32(44)25-7-4-3-5-8-25)21-29(28)37-33(38-30)45-23-27-9-6-16-39(27)2/h3-5,7-8,26-27H,1,6,9-14,16-23H2,2H3/t26-,27-/m0/s1. The molecule has 2 aromatic rings. The molecule has 10 nitrogen and oxygen atoms in total. The molecule has 6 rings (SSSR count). The van der Waals surface area contributed by atoms with E-state index >= 15 is 0 Å². The van der Waals surface area contributed by atoms with Crippen LogP contribution in [0.15, 0.2) is 42.7 Å². The molecule has 1 aromatic carbocycles. The minimum atomic E-state index is -1.01. The number of nitrogens with zero attached hydrogens (tertiary/aromatic N) is 7. The Labute approximate surface area is 264 Å². The molecule has 0 saturated carbocycles. The lowest BCUT2D eigenvalue weighted by atomic mass is 9.67. The Hall–Kier alpha value is -4.04. The number of hydrogen-bond donors (Lipinski definition) is 0. The lowest BCUT2D eigenvalue weighted by Crippen LogP contribution is -2.55. The van der Waals surface area contributed by atoms with Crippen LogP contribution in [0.5, 0.6) is 6.01 Å². The number of fused-ring (bicyclic) bond motifs is 1. The molecule has 1 aliphatic carbocycles. The second-order valence-electron chi connectivity index (χ2n) is 13.0. The van der Waals surface area contributed by atoms with Crippen LogP contribution in [0, 0.1) is 16.7 Å². The number of ether oxygens (including phenoxy) is 1. The molecule has 11 heteroatoms. The number of aromatic nitrogens is 2. The van der Waals surface area contributed by atoms with E-state index in [1.807, 2.05) is 35.2 Å². The molecule has 1 spiro atoms. The Morgan fingerprint density at radius 3 is 2.56 bits per heavy atom. The van der Waals surface area contributed by atoms with Crippen LogP contribution < -0.4 is 9.64 Å². The van der Waals surface area contributed by atoms with Crippen molar-refractivity contribution in [3.05, 3.63) is 59.6 Å². The van der Waals surface area contributed by atoms with Crippen LogP contribution in [0.1, 0.15) is 60.1 Å². The van der Waals surface area contributed by atoms with E-state index in [0.717, 1.165) is 74.1 Å². The fourth-order valence-electron chi connectivity index (χ4n) is 7.54. The third kappa shape index (κ3) is 6.52. The second-order valence-corrected chi connectivity index (χ2v) is 13.0. The van der Waals surface area contributed by atoms with Crippen molar-refractivity contribution >= 4 is 17.6 Å². The zero-order chi connectivity index (χ0) is 31.6. The first kappa shape index (κ1) is 31.0. The Morgan fingerprint density at radius 2 is 1.87 bits per heavy atom. The van der Waals surface area contributed by atoms with Crippen molar-refractivity contribution in [2.45, 2.75) is 63.5 Å². The third-order valence-corrected chi connectivity index (χ3v) is 10.3. The van der Waals surface area contributed by atoms with Crippen molar-refractivity contribution < 1.29 is 18.7 Å². The average molecular weight is 616 g/mol. The summed E-state index contributed by atoms with van der Waals surface area (Å²) < 4.78 is 20.1. The monoisotopic (exact) mass is 615 g/mol. The van der Waals surface area contributed by atoms with Gasteiger partial charge in [-0.1, -0.05) is 24.8 Å². The van der Waals surface area contributed by atoms with Crippen molar-refractivity contribution in [2.75, 3.05) is 57.8 Å². The smallest absolute Gasteiger partial charge is 0.318 e. The zero-order valence-corrected chi connectivity index (χ0v) is 26.1. The van der Waals surface area contributed by atoms with Crippen LogP contribution >= 0.6 is 0 Å².